The minimum atomic E-state index is 0.787. The zero-order valence-electron chi connectivity index (χ0n) is 10.4. The van der Waals surface area contributed by atoms with E-state index in [4.69, 9.17) is 0 Å². The first-order chi connectivity index (χ1) is 8.74. The summed E-state index contributed by atoms with van der Waals surface area (Å²) >= 11 is 1.73. The van der Waals surface area contributed by atoms with Gasteiger partial charge in [0, 0.05) is 36.1 Å². The molecular formula is C12H15N5S. The van der Waals surface area contributed by atoms with Crippen molar-refractivity contribution in [3.63, 3.8) is 0 Å². The zero-order valence-corrected chi connectivity index (χ0v) is 11.2. The number of nitrogens with zero attached hydrogens (tertiary/aromatic N) is 3. The summed E-state index contributed by atoms with van der Waals surface area (Å²) in [5, 5.41) is 10.3. The molecule has 0 aromatic carbocycles. The van der Waals surface area contributed by atoms with Gasteiger partial charge in [0.25, 0.3) is 0 Å². The number of hydrogen-bond donors (Lipinski definition) is 2. The van der Waals surface area contributed by atoms with Crippen LogP contribution in [-0.4, -0.2) is 19.6 Å². The van der Waals surface area contributed by atoms with Crippen LogP contribution in [0, 0.1) is 13.8 Å². The summed E-state index contributed by atoms with van der Waals surface area (Å²) in [5.74, 6) is 0. The second kappa shape index (κ2) is 4.55. The van der Waals surface area contributed by atoms with E-state index < -0.39 is 0 Å². The molecule has 0 saturated carbocycles. The summed E-state index contributed by atoms with van der Waals surface area (Å²) < 4.78 is 2.18. The topological polar surface area (TPSA) is 58.0 Å². The molecule has 18 heavy (non-hydrogen) atoms. The van der Waals surface area contributed by atoms with E-state index in [-0.39, 0.29) is 0 Å². The average Bonchev–Trinajstić information content (AvgIpc) is 2.99. The van der Waals surface area contributed by atoms with Crippen LogP contribution in [0.4, 0.5) is 0 Å². The van der Waals surface area contributed by atoms with Crippen molar-refractivity contribution in [1.82, 2.24) is 24.9 Å². The Labute approximate surface area is 109 Å². The number of rotatable bonds is 4. The van der Waals surface area contributed by atoms with Crippen LogP contribution in [0.15, 0.2) is 18.5 Å². The molecule has 3 heterocycles. The number of aryl methyl sites for hydroxylation is 2. The molecule has 2 N–H and O–H groups in total. The van der Waals surface area contributed by atoms with Gasteiger partial charge in [-0.15, -0.1) is 11.3 Å². The van der Waals surface area contributed by atoms with Crippen molar-refractivity contribution in [3.8, 4) is 0 Å². The molecule has 0 aliphatic heterocycles. The first kappa shape index (κ1) is 11.4. The van der Waals surface area contributed by atoms with Gasteiger partial charge < -0.3 is 5.32 Å². The largest absolute Gasteiger partial charge is 0.306 e. The zero-order chi connectivity index (χ0) is 12.5. The number of fused-ring (bicyclic) bond motifs is 1. The van der Waals surface area contributed by atoms with Gasteiger partial charge in [0.05, 0.1) is 11.4 Å². The van der Waals surface area contributed by atoms with Gasteiger partial charge in [0.15, 0.2) is 4.96 Å². The Hall–Kier alpha value is -1.66. The number of H-pyrrole nitrogens is 1. The average molecular weight is 261 g/mol. The van der Waals surface area contributed by atoms with E-state index in [2.05, 4.69) is 44.9 Å². The van der Waals surface area contributed by atoms with Crippen LogP contribution < -0.4 is 5.32 Å². The molecule has 0 aliphatic carbocycles. The maximum Gasteiger partial charge on any atom is 0.194 e. The van der Waals surface area contributed by atoms with Crippen LogP contribution in [0.5, 0.6) is 0 Å². The van der Waals surface area contributed by atoms with Gasteiger partial charge in [-0.3, -0.25) is 9.50 Å². The first-order valence-corrected chi connectivity index (χ1v) is 6.68. The lowest BCUT2D eigenvalue weighted by Crippen LogP contribution is -2.15. The quantitative estimate of drug-likeness (QED) is 0.755. The van der Waals surface area contributed by atoms with Gasteiger partial charge in [0.2, 0.25) is 0 Å². The molecule has 94 valence electrons. The summed E-state index contributed by atoms with van der Waals surface area (Å²) in [5.41, 5.74) is 3.42. The fourth-order valence-corrected chi connectivity index (χ4v) is 2.91. The highest BCUT2D eigenvalue weighted by Gasteiger charge is 2.10. The maximum absolute atomic E-state index is 4.57. The number of aromatic nitrogens is 4. The lowest BCUT2D eigenvalue weighted by Gasteiger charge is -2.03. The minimum absolute atomic E-state index is 0.787. The molecule has 0 atom stereocenters. The molecule has 0 bridgehead atoms. The Balaban J connectivity index is 1.75. The summed E-state index contributed by atoms with van der Waals surface area (Å²) in [7, 11) is 0. The third-order valence-electron chi connectivity index (χ3n) is 2.91. The second-order valence-electron chi connectivity index (χ2n) is 4.32. The molecule has 0 saturated heterocycles. The number of thiazole rings is 1. The first-order valence-electron chi connectivity index (χ1n) is 5.87. The minimum Gasteiger partial charge on any atom is -0.306 e. The number of imidazole rings is 1. The summed E-state index contributed by atoms with van der Waals surface area (Å²) in [6.07, 6.45) is 3.91. The Morgan fingerprint density at radius 1 is 1.39 bits per heavy atom. The van der Waals surface area contributed by atoms with E-state index in [0.717, 1.165) is 29.4 Å². The van der Waals surface area contributed by atoms with Crippen molar-refractivity contribution in [2.24, 2.45) is 0 Å². The number of nitrogens with one attached hydrogen (secondary N) is 2. The van der Waals surface area contributed by atoms with E-state index in [9.17, 15) is 0 Å². The predicted octanol–water partition coefficient (Wildman–Crippen LogP) is 2.03. The SMILES string of the molecule is Cc1cn2c(CNCc3ccn[nH]3)c(C)nc2s1. The highest BCUT2D eigenvalue weighted by molar-refractivity contribution is 7.17. The van der Waals surface area contributed by atoms with Crippen LogP contribution in [-0.2, 0) is 13.1 Å². The normalized spacial score (nSPS) is 11.4. The van der Waals surface area contributed by atoms with Crippen molar-refractivity contribution >= 4 is 16.3 Å². The molecule has 0 aliphatic rings. The Bertz CT molecular complexity index is 649. The van der Waals surface area contributed by atoms with E-state index in [1.807, 2.05) is 6.07 Å². The van der Waals surface area contributed by atoms with Crippen LogP contribution in [0.3, 0.4) is 0 Å². The predicted molar refractivity (Wildman–Crippen MR) is 71.7 cm³/mol. The monoisotopic (exact) mass is 261 g/mol. The lowest BCUT2D eigenvalue weighted by atomic mass is 10.3. The van der Waals surface area contributed by atoms with Crippen LogP contribution in [0.2, 0.25) is 0 Å². The fraction of sp³-hybridized carbons (Fsp3) is 0.333. The number of hydrogen-bond acceptors (Lipinski definition) is 4. The van der Waals surface area contributed by atoms with E-state index in [0.29, 0.717) is 0 Å². The van der Waals surface area contributed by atoms with E-state index in [1.54, 1.807) is 17.5 Å². The second-order valence-corrected chi connectivity index (χ2v) is 5.54. The van der Waals surface area contributed by atoms with Crippen molar-refractivity contribution in [1.29, 1.82) is 0 Å². The van der Waals surface area contributed by atoms with Gasteiger partial charge in [-0.05, 0) is 19.9 Å². The molecule has 5 nitrogen and oxygen atoms in total. The van der Waals surface area contributed by atoms with Gasteiger partial charge in [-0.2, -0.15) is 5.10 Å². The fourth-order valence-electron chi connectivity index (χ4n) is 2.02. The lowest BCUT2D eigenvalue weighted by molar-refractivity contribution is 0.659. The Morgan fingerprint density at radius 2 is 2.28 bits per heavy atom. The standard InChI is InChI=1S/C12H15N5S/c1-8-7-17-11(9(2)15-12(17)18-8)6-13-5-10-3-4-14-16-10/h3-4,7,13H,5-6H2,1-2H3,(H,14,16). The number of aromatic amines is 1. The van der Waals surface area contributed by atoms with E-state index >= 15 is 0 Å². The highest BCUT2D eigenvalue weighted by atomic mass is 32.1. The van der Waals surface area contributed by atoms with Crippen molar-refractivity contribution in [2.45, 2.75) is 26.9 Å². The molecule has 0 radical (unpaired) electrons. The van der Waals surface area contributed by atoms with Crippen LogP contribution in [0.25, 0.3) is 4.96 Å². The van der Waals surface area contributed by atoms with Gasteiger partial charge in [-0.25, -0.2) is 4.98 Å². The molecule has 3 aromatic rings. The molecule has 0 fully saturated rings. The van der Waals surface area contributed by atoms with Crippen LogP contribution >= 0.6 is 11.3 Å². The van der Waals surface area contributed by atoms with Gasteiger partial charge >= 0.3 is 0 Å². The van der Waals surface area contributed by atoms with Crippen molar-refractivity contribution < 1.29 is 0 Å². The van der Waals surface area contributed by atoms with Crippen molar-refractivity contribution in [3.05, 3.63) is 40.4 Å². The third-order valence-corrected chi connectivity index (χ3v) is 3.81. The Kier molecular flexibility index (Phi) is 2.89. The molecule has 3 rings (SSSR count). The maximum atomic E-state index is 4.57. The van der Waals surface area contributed by atoms with Gasteiger partial charge in [0.1, 0.15) is 0 Å². The summed E-state index contributed by atoms with van der Waals surface area (Å²) in [6, 6.07) is 1.97. The van der Waals surface area contributed by atoms with Gasteiger partial charge in [-0.1, -0.05) is 0 Å². The Morgan fingerprint density at radius 3 is 3.06 bits per heavy atom. The molecule has 0 amide bonds. The summed E-state index contributed by atoms with van der Waals surface area (Å²) in [4.78, 5) is 6.93. The van der Waals surface area contributed by atoms with Crippen LogP contribution in [0.1, 0.15) is 22.0 Å². The molecular weight excluding hydrogens is 246 g/mol. The smallest absolute Gasteiger partial charge is 0.194 e. The van der Waals surface area contributed by atoms with E-state index in [1.165, 1.54) is 10.6 Å². The molecule has 6 heteroatoms. The third kappa shape index (κ3) is 2.04. The molecule has 0 spiro atoms. The molecule has 3 aromatic heterocycles. The van der Waals surface area contributed by atoms with Crippen molar-refractivity contribution in [2.75, 3.05) is 0 Å². The molecule has 0 unspecified atom stereocenters. The summed E-state index contributed by atoms with van der Waals surface area (Å²) in [6.45, 7) is 5.76. The highest BCUT2D eigenvalue weighted by Crippen LogP contribution is 2.20.